The Morgan fingerprint density at radius 2 is 1.54 bits per heavy atom. The third-order valence-electron chi connectivity index (χ3n) is 7.20. The van der Waals surface area contributed by atoms with Gasteiger partial charge in [-0.05, 0) is 98.7 Å². The summed E-state index contributed by atoms with van der Waals surface area (Å²) in [6.07, 6.45) is 16.7. The standard InChI is InChI=1S/C26H36FN/c1-2-3-20-10-14-24(15-11-20)25-16-12-22(13-17-25)5-4-21-6-8-23(9-7-21)18-26(27)19-28/h10-11,14-15,18,21-23,25H,2-9,12-13,16-17H2,1H3. The first-order valence-corrected chi connectivity index (χ1v) is 11.5. The summed E-state index contributed by atoms with van der Waals surface area (Å²) < 4.78 is 13.1. The molecule has 0 spiro atoms. The lowest BCUT2D eigenvalue weighted by Crippen LogP contribution is -2.17. The highest BCUT2D eigenvalue weighted by Crippen LogP contribution is 2.40. The molecule has 2 fully saturated rings. The highest BCUT2D eigenvalue weighted by molar-refractivity contribution is 5.26. The average molecular weight is 382 g/mol. The van der Waals surface area contributed by atoms with Crippen molar-refractivity contribution in [2.75, 3.05) is 0 Å². The van der Waals surface area contributed by atoms with Crippen molar-refractivity contribution >= 4 is 0 Å². The number of rotatable bonds is 7. The molecule has 1 nitrogen and oxygen atoms in total. The van der Waals surface area contributed by atoms with E-state index in [1.54, 1.807) is 17.7 Å². The number of halogens is 1. The lowest BCUT2D eigenvalue weighted by molar-refractivity contribution is 0.245. The largest absolute Gasteiger partial charge is 0.196 e. The number of nitriles is 1. The van der Waals surface area contributed by atoms with E-state index in [-0.39, 0.29) is 5.92 Å². The van der Waals surface area contributed by atoms with Gasteiger partial charge in [0.2, 0.25) is 0 Å². The molecule has 0 saturated heterocycles. The molecule has 0 N–H and O–H groups in total. The Hall–Kier alpha value is -1.62. The van der Waals surface area contributed by atoms with Gasteiger partial charge in [-0.15, -0.1) is 0 Å². The van der Waals surface area contributed by atoms with E-state index in [1.807, 2.05) is 0 Å². The second-order valence-corrected chi connectivity index (χ2v) is 9.19. The van der Waals surface area contributed by atoms with E-state index in [0.29, 0.717) is 0 Å². The average Bonchev–Trinajstić information content (AvgIpc) is 2.74. The van der Waals surface area contributed by atoms with Gasteiger partial charge in [-0.1, -0.05) is 50.5 Å². The fourth-order valence-corrected chi connectivity index (χ4v) is 5.39. The van der Waals surface area contributed by atoms with Crippen LogP contribution in [0.2, 0.25) is 0 Å². The third-order valence-corrected chi connectivity index (χ3v) is 7.20. The molecule has 1 aromatic rings. The molecule has 1 aromatic carbocycles. The van der Waals surface area contributed by atoms with E-state index in [9.17, 15) is 4.39 Å². The van der Waals surface area contributed by atoms with Gasteiger partial charge in [0.1, 0.15) is 6.07 Å². The molecule has 28 heavy (non-hydrogen) atoms. The van der Waals surface area contributed by atoms with Gasteiger partial charge in [0.05, 0.1) is 0 Å². The van der Waals surface area contributed by atoms with E-state index in [1.165, 1.54) is 69.8 Å². The van der Waals surface area contributed by atoms with Crippen LogP contribution in [0.1, 0.15) is 94.6 Å². The second-order valence-electron chi connectivity index (χ2n) is 9.19. The van der Waals surface area contributed by atoms with Crippen LogP contribution in [-0.4, -0.2) is 0 Å². The maximum absolute atomic E-state index is 13.1. The van der Waals surface area contributed by atoms with Gasteiger partial charge in [0.25, 0.3) is 0 Å². The summed E-state index contributed by atoms with van der Waals surface area (Å²) in [5.41, 5.74) is 3.02. The van der Waals surface area contributed by atoms with Gasteiger partial charge in [-0.25, -0.2) is 0 Å². The first kappa shape index (κ1) is 21.1. The van der Waals surface area contributed by atoms with Crippen LogP contribution in [0, 0.1) is 29.1 Å². The molecule has 0 unspecified atom stereocenters. The van der Waals surface area contributed by atoms with Crippen molar-refractivity contribution in [3.8, 4) is 6.07 Å². The molecule has 0 radical (unpaired) electrons. The van der Waals surface area contributed by atoms with E-state index in [0.717, 1.165) is 30.6 Å². The van der Waals surface area contributed by atoms with Gasteiger partial charge in [-0.2, -0.15) is 9.65 Å². The number of benzene rings is 1. The minimum Gasteiger partial charge on any atom is -0.195 e. The minimum atomic E-state index is -0.597. The van der Waals surface area contributed by atoms with Crippen LogP contribution in [0.3, 0.4) is 0 Å². The normalized spacial score (nSPS) is 28.7. The summed E-state index contributed by atoms with van der Waals surface area (Å²) in [7, 11) is 0. The lowest BCUT2D eigenvalue weighted by atomic mass is 9.74. The highest BCUT2D eigenvalue weighted by Gasteiger charge is 2.25. The summed E-state index contributed by atoms with van der Waals surface area (Å²) in [5, 5.41) is 8.58. The number of hydrogen-bond donors (Lipinski definition) is 0. The Bertz CT molecular complexity index is 653. The van der Waals surface area contributed by atoms with Gasteiger partial charge in [0, 0.05) is 0 Å². The van der Waals surface area contributed by atoms with E-state index in [4.69, 9.17) is 5.26 Å². The fourth-order valence-electron chi connectivity index (χ4n) is 5.39. The van der Waals surface area contributed by atoms with Gasteiger partial charge in [-0.3, -0.25) is 0 Å². The molecule has 0 bridgehead atoms. The van der Waals surface area contributed by atoms with Gasteiger partial charge in [0.15, 0.2) is 5.83 Å². The van der Waals surface area contributed by atoms with Crippen molar-refractivity contribution in [2.45, 2.75) is 89.9 Å². The molecule has 0 atom stereocenters. The Morgan fingerprint density at radius 3 is 2.07 bits per heavy atom. The molecule has 0 aromatic heterocycles. The van der Waals surface area contributed by atoms with Crippen LogP contribution in [0.5, 0.6) is 0 Å². The zero-order chi connectivity index (χ0) is 19.8. The molecule has 2 aliphatic carbocycles. The van der Waals surface area contributed by atoms with Gasteiger partial charge < -0.3 is 0 Å². The van der Waals surface area contributed by atoms with Crippen molar-refractivity contribution in [1.29, 1.82) is 5.26 Å². The van der Waals surface area contributed by atoms with Crippen LogP contribution in [0.15, 0.2) is 36.2 Å². The van der Waals surface area contributed by atoms with E-state index in [2.05, 4.69) is 31.2 Å². The molecule has 3 rings (SSSR count). The molecule has 2 heteroatoms. The summed E-state index contributed by atoms with van der Waals surface area (Å²) >= 11 is 0. The molecule has 2 aliphatic rings. The topological polar surface area (TPSA) is 23.8 Å². The summed E-state index contributed by atoms with van der Waals surface area (Å²) in [6.45, 7) is 2.24. The Labute approximate surface area is 171 Å². The van der Waals surface area contributed by atoms with Crippen LogP contribution < -0.4 is 0 Å². The quantitative estimate of drug-likeness (QED) is 0.441. The second kappa shape index (κ2) is 10.8. The zero-order valence-corrected chi connectivity index (χ0v) is 17.5. The maximum atomic E-state index is 13.1. The van der Waals surface area contributed by atoms with E-state index >= 15 is 0 Å². The summed E-state index contributed by atoms with van der Waals surface area (Å²) in [6, 6.07) is 11.0. The Morgan fingerprint density at radius 1 is 0.964 bits per heavy atom. The molecular weight excluding hydrogens is 345 g/mol. The van der Waals surface area contributed by atoms with E-state index < -0.39 is 5.83 Å². The van der Waals surface area contributed by atoms with Crippen molar-refractivity contribution in [2.24, 2.45) is 17.8 Å². The number of allylic oxidation sites excluding steroid dienone is 2. The molecule has 0 heterocycles. The summed E-state index contributed by atoms with van der Waals surface area (Å²) in [4.78, 5) is 0. The molecule has 2 saturated carbocycles. The molecule has 0 aliphatic heterocycles. The molecule has 152 valence electrons. The monoisotopic (exact) mass is 381 g/mol. The Kier molecular flexibility index (Phi) is 8.13. The smallest absolute Gasteiger partial charge is 0.195 e. The first-order valence-electron chi connectivity index (χ1n) is 11.5. The number of aryl methyl sites for hydroxylation is 1. The lowest BCUT2D eigenvalue weighted by Gasteiger charge is -2.31. The summed E-state index contributed by atoms with van der Waals surface area (Å²) in [5.74, 6) is 2.18. The van der Waals surface area contributed by atoms with Gasteiger partial charge >= 0.3 is 0 Å². The molecular formula is C26H36FN. The SMILES string of the molecule is CCCc1ccc(C2CCC(CCC3CCC(C=C(F)C#N)CC3)CC2)cc1. The van der Waals surface area contributed by atoms with Crippen molar-refractivity contribution < 1.29 is 4.39 Å². The maximum Gasteiger partial charge on any atom is 0.196 e. The fraction of sp³-hybridized carbons (Fsp3) is 0.654. The van der Waals surface area contributed by atoms with Crippen molar-refractivity contribution in [3.63, 3.8) is 0 Å². The van der Waals surface area contributed by atoms with Crippen LogP contribution in [0.4, 0.5) is 4.39 Å². The van der Waals surface area contributed by atoms with Crippen LogP contribution >= 0.6 is 0 Å². The zero-order valence-electron chi connectivity index (χ0n) is 17.5. The van der Waals surface area contributed by atoms with Crippen LogP contribution in [0.25, 0.3) is 0 Å². The third kappa shape index (κ3) is 6.20. The van der Waals surface area contributed by atoms with Crippen LogP contribution in [-0.2, 0) is 6.42 Å². The first-order chi connectivity index (χ1) is 13.7. The Balaban J connectivity index is 1.35. The number of nitrogens with zero attached hydrogens (tertiary/aromatic N) is 1. The van der Waals surface area contributed by atoms with Crippen molar-refractivity contribution in [1.82, 2.24) is 0 Å². The predicted octanol–water partition coefficient (Wildman–Crippen LogP) is 7.88. The minimum absolute atomic E-state index is 0.287. The van der Waals surface area contributed by atoms with Crippen molar-refractivity contribution in [3.05, 3.63) is 47.3 Å². The number of hydrogen-bond acceptors (Lipinski definition) is 1. The highest BCUT2D eigenvalue weighted by atomic mass is 19.1. The molecule has 0 amide bonds. The predicted molar refractivity (Wildman–Crippen MR) is 115 cm³/mol.